The molecular formula is C14H17ClN2. The second kappa shape index (κ2) is 4.28. The lowest BCUT2D eigenvalue weighted by atomic mass is 9.90. The zero-order valence-electron chi connectivity index (χ0n) is 10.4. The van der Waals surface area contributed by atoms with Crippen molar-refractivity contribution in [1.82, 2.24) is 4.98 Å². The molecule has 1 aromatic carbocycles. The summed E-state index contributed by atoms with van der Waals surface area (Å²) in [7, 11) is 0. The van der Waals surface area contributed by atoms with Crippen molar-refractivity contribution in [3.8, 4) is 0 Å². The first-order chi connectivity index (χ1) is 7.93. The van der Waals surface area contributed by atoms with Crippen molar-refractivity contribution in [2.24, 2.45) is 5.73 Å². The highest BCUT2D eigenvalue weighted by atomic mass is 35.5. The summed E-state index contributed by atoms with van der Waals surface area (Å²) in [6.07, 6.45) is 0. The largest absolute Gasteiger partial charge is 0.326 e. The Kier molecular flexibility index (Phi) is 3.11. The standard InChI is InChI=1S/C14H17ClN2/c1-14(2,3)12-7-9(8-16)10-5-4-6-11(15)13(10)17-12/h4-7H,8,16H2,1-3H3. The van der Waals surface area contributed by atoms with Gasteiger partial charge in [0.15, 0.2) is 0 Å². The van der Waals surface area contributed by atoms with Gasteiger partial charge in [-0.1, -0.05) is 44.5 Å². The van der Waals surface area contributed by atoms with Gasteiger partial charge in [0.05, 0.1) is 10.5 Å². The van der Waals surface area contributed by atoms with E-state index in [0.717, 1.165) is 22.2 Å². The van der Waals surface area contributed by atoms with Gasteiger partial charge in [-0.15, -0.1) is 0 Å². The monoisotopic (exact) mass is 248 g/mol. The van der Waals surface area contributed by atoms with E-state index in [1.54, 1.807) is 0 Å². The molecule has 0 aliphatic heterocycles. The van der Waals surface area contributed by atoms with Crippen molar-refractivity contribution in [2.75, 3.05) is 0 Å². The van der Waals surface area contributed by atoms with Crippen LogP contribution in [0.1, 0.15) is 32.0 Å². The molecule has 0 fully saturated rings. The van der Waals surface area contributed by atoms with Gasteiger partial charge in [-0.25, -0.2) is 0 Å². The van der Waals surface area contributed by atoms with Crippen LogP contribution in [0.5, 0.6) is 0 Å². The average Bonchev–Trinajstić information content (AvgIpc) is 2.27. The number of aromatic nitrogens is 1. The topological polar surface area (TPSA) is 38.9 Å². The van der Waals surface area contributed by atoms with Crippen LogP contribution in [0.25, 0.3) is 10.9 Å². The summed E-state index contributed by atoms with van der Waals surface area (Å²) in [6.45, 7) is 6.91. The Balaban J connectivity index is 2.81. The fraction of sp³-hybridized carbons (Fsp3) is 0.357. The smallest absolute Gasteiger partial charge is 0.0894 e. The molecule has 0 spiro atoms. The molecule has 17 heavy (non-hydrogen) atoms. The van der Waals surface area contributed by atoms with E-state index in [9.17, 15) is 0 Å². The minimum absolute atomic E-state index is 0.00270. The fourth-order valence-electron chi connectivity index (χ4n) is 1.84. The molecule has 0 saturated heterocycles. The lowest BCUT2D eigenvalue weighted by molar-refractivity contribution is 0.570. The molecule has 0 bridgehead atoms. The lowest BCUT2D eigenvalue weighted by Crippen LogP contribution is -2.15. The molecule has 0 radical (unpaired) electrons. The van der Waals surface area contributed by atoms with E-state index in [2.05, 4.69) is 31.8 Å². The Morgan fingerprint density at radius 2 is 2.00 bits per heavy atom. The number of halogens is 1. The molecule has 0 aliphatic rings. The third kappa shape index (κ3) is 2.28. The Morgan fingerprint density at radius 1 is 1.29 bits per heavy atom. The third-order valence-electron chi connectivity index (χ3n) is 2.86. The highest BCUT2D eigenvalue weighted by molar-refractivity contribution is 6.35. The quantitative estimate of drug-likeness (QED) is 0.837. The maximum atomic E-state index is 6.20. The van der Waals surface area contributed by atoms with Crippen molar-refractivity contribution < 1.29 is 0 Å². The van der Waals surface area contributed by atoms with Crippen molar-refractivity contribution in [2.45, 2.75) is 32.7 Å². The molecule has 2 nitrogen and oxygen atoms in total. The number of hydrogen-bond acceptors (Lipinski definition) is 2. The fourth-order valence-corrected chi connectivity index (χ4v) is 2.05. The predicted molar refractivity (Wildman–Crippen MR) is 73.3 cm³/mol. The lowest BCUT2D eigenvalue weighted by Gasteiger charge is -2.20. The molecule has 1 heterocycles. The first kappa shape index (κ1) is 12.3. The molecule has 0 amide bonds. The van der Waals surface area contributed by atoms with Crippen LogP contribution in [0.2, 0.25) is 5.02 Å². The molecule has 0 saturated carbocycles. The van der Waals surface area contributed by atoms with Gasteiger partial charge in [-0.3, -0.25) is 4.98 Å². The van der Waals surface area contributed by atoms with Gasteiger partial charge in [-0.05, 0) is 17.7 Å². The summed E-state index contributed by atoms with van der Waals surface area (Å²) in [5.41, 5.74) is 8.78. The Hall–Kier alpha value is -1.12. The summed E-state index contributed by atoms with van der Waals surface area (Å²) >= 11 is 6.20. The third-order valence-corrected chi connectivity index (χ3v) is 3.17. The molecule has 2 rings (SSSR count). The number of nitrogens with two attached hydrogens (primary N) is 1. The minimum Gasteiger partial charge on any atom is -0.326 e. The Bertz CT molecular complexity index is 556. The van der Waals surface area contributed by atoms with Gasteiger partial charge in [0.2, 0.25) is 0 Å². The van der Waals surface area contributed by atoms with Crippen molar-refractivity contribution >= 4 is 22.5 Å². The van der Waals surface area contributed by atoms with Crippen molar-refractivity contribution in [3.63, 3.8) is 0 Å². The first-order valence-electron chi connectivity index (χ1n) is 5.72. The minimum atomic E-state index is -0.00270. The van der Waals surface area contributed by atoms with Crippen LogP contribution in [0.15, 0.2) is 24.3 Å². The SMILES string of the molecule is CC(C)(C)c1cc(CN)c2cccc(Cl)c2n1. The van der Waals surface area contributed by atoms with E-state index in [1.807, 2.05) is 18.2 Å². The Labute approximate surface area is 107 Å². The number of para-hydroxylation sites is 1. The van der Waals surface area contributed by atoms with Crippen LogP contribution >= 0.6 is 11.6 Å². The van der Waals surface area contributed by atoms with Crippen LogP contribution in [0.3, 0.4) is 0 Å². The average molecular weight is 249 g/mol. The van der Waals surface area contributed by atoms with Gasteiger partial charge in [-0.2, -0.15) is 0 Å². The van der Waals surface area contributed by atoms with Crippen LogP contribution < -0.4 is 5.73 Å². The maximum Gasteiger partial charge on any atom is 0.0894 e. The van der Waals surface area contributed by atoms with Crippen LogP contribution in [0, 0.1) is 0 Å². The van der Waals surface area contributed by atoms with Crippen molar-refractivity contribution in [3.05, 3.63) is 40.5 Å². The summed E-state index contributed by atoms with van der Waals surface area (Å²) in [5, 5.41) is 1.73. The molecular weight excluding hydrogens is 232 g/mol. The summed E-state index contributed by atoms with van der Waals surface area (Å²) in [5.74, 6) is 0. The molecule has 90 valence electrons. The number of hydrogen-bond donors (Lipinski definition) is 1. The van der Waals surface area contributed by atoms with Gasteiger partial charge < -0.3 is 5.73 Å². The number of nitrogens with zero attached hydrogens (tertiary/aromatic N) is 1. The highest BCUT2D eigenvalue weighted by Gasteiger charge is 2.18. The van der Waals surface area contributed by atoms with E-state index in [1.165, 1.54) is 0 Å². The van der Waals surface area contributed by atoms with Gasteiger partial charge in [0.1, 0.15) is 0 Å². The zero-order valence-corrected chi connectivity index (χ0v) is 11.2. The van der Waals surface area contributed by atoms with Gasteiger partial charge in [0.25, 0.3) is 0 Å². The van der Waals surface area contributed by atoms with Crippen LogP contribution in [0.4, 0.5) is 0 Å². The molecule has 3 heteroatoms. The van der Waals surface area contributed by atoms with Crippen LogP contribution in [-0.4, -0.2) is 4.98 Å². The molecule has 1 aromatic heterocycles. The highest BCUT2D eigenvalue weighted by Crippen LogP contribution is 2.29. The second-order valence-electron chi connectivity index (χ2n) is 5.26. The molecule has 0 unspecified atom stereocenters. The van der Waals surface area contributed by atoms with Gasteiger partial charge >= 0.3 is 0 Å². The molecule has 2 N–H and O–H groups in total. The first-order valence-corrected chi connectivity index (χ1v) is 6.10. The summed E-state index contributed by atoms with van der Waals surface area (Å²) in [4.78, 5) is 4.67. The zero-order chi connectivity index (χ0) is 12.6. The van der Waals surface area contributed by atoms with Gasteiger partial charge in [0, 0.05) is 23.0 Å². The number of rotatable bonds is 1. The van der Waals surface area contributed by atoms with Crippen LogP contribution in [-0.2, 0) is 12.0 Å². The normalized spacial score (nSPS) is 12.1. The summed E-state index contributed by atoms with van der Waals surface area (Å²) in [6, 6.07) is 7.90. The summed E-state index contributed by atoms with van der Waals surface area (Å²) < 4.78 is 0. The maximum absolute atomic E-state index is 6.20. The van der Waals surface area contributed by atoms with E-state index in [-0.39, 0.29) is 5.41 Å². The Morgan fingerprint density at radius 3 is 2.59 bits per heavy atom. The van der Waals surface area contributed by atoms with E-state index in [0.29, 0.717) is 11.6 Å². The van der Waals surface area contributed by atoms with E-state index >= 15 is 0 Å². The predicted octanol–water partition coefficient (Wildman–Crippen LogP) is 3.64. The molecule has 2 aromatic rings. The van der Waals surface area contributed by atoms with Crippen molar-refractivity contribution in [1.29, 1.82) is 0 Å². The number of fused-ring (bicyclic) bond motifs is 1. The molecule has 0 atom stereocenters. The molecule has 0 aliphatic carbocycles. The van der Waals surface area contributed by atoms with E-state index < -0.39 is 0 Å². The van der Waals surface area contributed by atoms with E-state index in [4.69, 9.17) is 17.3 Å². The number of benzene rings is 1. The second-order valence-corrected chi connectivity index (χ2v) is 5.66. The number of pyridine rings is 1.